The fourth-order valence-electron chi connectivity index (χ4n) is 1.90. The molecule has 0 aliphatic rings. The summed E-state index contributed by atoms with van der Waals surface area (Å²) >= 11 is 0. The van der Waals surface area contributed by atoms with Gasteiger partial charge in [-0.25, -0.2) is 0 Å². The Morgan fingerprint density at radius 1 is 1.30 bits per heavy atom. The Labute approximate surface area is 116 Å². The molecule has 0 bridgehead atoms. The molecule has 0 fully saturated rings. The van der Waals surface area contributed by atoms with Crippen molar-refractivity contribution in [1.82, 2.24) is 5.32 Å². The molecular weight excluding hydrogens is 262 g/mol. The zero-order valence-electron chi connectivity index (χ0n) is 11.4. The molecule has 0 heterocycles. The summed E-state index contributed by atoms with van der Waals surface area (Å²) in [4.78, 5) is 12.2. The molecule has 0 atom stereocenters. The highest BCUT2D eigenvalue weighted by Crippen LogP contribution is 2.25. The van der Waals surface area contributed by atoms with Crippen LogP contribution in [-0.2, 0) is 0 Å². The zero-order valence-corrected chi connectivity index (χ0v) is 11.4. The van der Waals surface area contributed by atoms with Crippen LogP contribution < -0.4 is 11.1 Å². The molecule has 110 valence electrons. The Bertz CT molecular complexity index is 524. The average molecular weight is 281 g/mol. The third-order valence-electron chi connectivity index (χ3n) is 3.40. The second-order valence-electron chi connectivity index (χ2n) is 4.43. The first-order valence-electron chi connectivity index (χ1n) is 6.22. The van der Waals surface area contributed by atoms with E-state index in [1.54, 1.807) is 13.8 Å². The average Bonchev–Trinajstić information content (AvgIpc) is 2.46. The minimum atomic E-state index is -0.959. The van der Waals surface area contributed by atoms with Gasteiger partial charge in [-0.1, -0.05) is 19.0 Å². The number of nitrogens with one attached hydrogen (secondary N) is 1. The van der Waals surface area contributed by atoms with Crippen molar-refractivity contribution in [3.8, 4) is 11.5 Å². The Kier molecular flexibility index (Phi) is 4.79. The van der Waals surface area contributed by atoms with Crippen LogP contribution in [0.15, 0.2) is 23.4 Å². The molecule has 0 aliphatic heterocycles. The lowest BCUT2D eigenvalue weighted by atomic mass is 9.91. The minimum absolute atomic E-state index is 0.0844. The lowest BCUT2D eigenvalue weighted by molar-refractivity contribution is 0.0917. The molecule has 0 spiro atoms. The van der Waals surface area contributed by atoms with E-state index in [0.29, 0.717) is 12.8 Å². The number of aromatic hydroxyl groups is 2. The van der Waals surface area contributed by atoms with Gasteiger partial charge in [0.2, 0.25) is 0 Å². The molecule has 1 amide bonds. The number of amidine groups is 1. The van der Waals surface area contributed by atoms with Crippen molar-refractivity contribution < 1.29 is 20.2 Å². The molecule has 0 radical (unpaired) electrons. The second-order valence-corrected chi connectivity index (χ2v) is 4.43. The molecule has 6 N–H and O–H groups in total. The summed E-state index contributed by atoms with van der Waals surface area (Å²) in [7, 11) is 0. The first kappa shape index (κ1) is 15.6. The van der Waals surface area contributed by atoms with E-state index in [2.05, 4.69) is 10.5 Å². The number of hydrogen-bond donors (Lipinski definition) is 5. The number of phenols is 2. The number of rotatable bonds is 5. The highest BCUT2D eigenvalue weighted by Gasteiger charge is 2.33. The summed E-state index contributed by atoms with van der Waals surface area (Å²) in [6.07, 6.45) is 0.879. The molecule has 7 nitrogen and oxygen atoms in total. The minimum Gasteiger partial charge on any atom is -0.504 e. The van der Waals surface area contributed by atoms with E-state index in [1.807, 2.05) is 0 Å². The Morgan fingerprint density at radius 2 is 1.90 bits per heavy atom. The topological polar surface area (TPSA) is 128 Å². The van der Waals surface area contributed by atoms with Crippen molar-refractivity contribution in [3.05, 3.63) is 23.8 Å². The standard InChI is InChI=1S/C13H19N3O4/c1-3-13(4-2,12(14)16-20)15-11(19)8-5-6-9(17)10(18)7-8/h5-7,17-18,20H,3-4H2,1-2H3,(H2,14,16)(H,15,19). The number of nitrogens with zero attached hydrogens (tertiary/aromatic N) is 1. The van der Waals surface area contributed by atoms with E-state index >= 15 is 0 Å². The highest BCUT2D eigenvalue weighted by atomic mass is 16.4. The maximum atomic E-state index is 12.2. The number of amides is 1. The van der Waals surface area contributed by atoms with Crippen LogP contribution in [0.4, 0.5) is 0 Å². The van der Waals surface area contributed by atoms with Crippen LogP contribution in [0.25, 0.3) is 0 Å². The number of phenolic OH excluding ortho intramolecular Hbond substituents is 2. The van der Waals surface area contributed by atoms with Crippen LogP contribution in [0.1, 0.15) is 37.0 Å². The predicted molar refractivity (Wildman–Crippen MR) is 74.0 cm³/mol. The molecule has 0 unspecified atom stereocenters. The van der Waals surface area contributed by atoms with Gasteiger partial charge in [0, 0.05) is 5.56 Å². The van der Waals surface area contributed by atoms with Gasteiger partial charge < -0.3 is 26.5 Å². The van der Waals surface area contributed by atoms with E-state index in [0.717, 1.165) is 6.07 Å². The van der Waals surface area contributed by atoms with Gasteiger partial charge in [-0.3, -0.25) is 4.79 Å². The fourth-order valence-corrected chi connectivity index (χ4v) is 1.90. The summed E-state index contributed by atoms with van der Waals surface area (Å²) < 4.78 is 0. The van der Waals surface area contributed by atoms with Gasteiger partial charge >= 0.3 is 0 Å². The van der Waals surface area contributed by atoms with Crippen molar-refractivity contribution in [1.29, 1.82) is 0 Å². The highest BCUT2D eigenvalue weighted by molar-refractivity contribution is 6.00. The largest absolute Gasteiger partial charge is 0.504 e. The van der Waals surface area contributed by atoms with Gasteiger partial charge in [0.05, 0.1) is 0 Å². The molecular formula is C13H19N3O4. The van der Waals surface area contributed by atoms with Gasteiger partial charge in [0.25, 0.3) is 5.91 Å². The molecule has 0 aromatic heterocycles. The first-order valence-corrected chi connectivity index (χ1v) is 6.22. The fraction of sp³-hybridized carbons (Fsp3) is 0.385. The van der Waals surface area contributed by atoms with Gasteiger partial charge in [-0.2, -0.15) is 0 Å². The first-order chi connectivity index (χ1) is 9.40. The molecule has 1 aromatic carbocycles. The number of benzene rings is 1. The predicted octanol–water partition coefficient (Wildman–Crippen LogP) is 1.13. The molecule has 0 aliphatic carbocycles. The van der Waals surface area contributed by atoms with E-state index in [9.17, 15) is 15.0 Å². The van der Waals surface area contributed by atoms with Crippen molar-refractivity contribution in [2.45, 2.75) is 32.2 Å². The Hall–Kier alpha value is -2.44. The van der Waals surface area contributed by atoms with Gasteiger partial charge in [-0.05, 0) is 31.0 Å². The van der Waals surface area contributed by atoms with E-state index < -0.39 is 11.4 Å². The molecule has 0 saturated carbocycles. The van der Waals surface area contributed by atoms with Crippen molar-refractivity contribution in [2.75, 3.05) is 0 Å². The third-order valence-corrected chi connectivity index (χ3v) is 3.40. The van der Waals surface area contributed by atoms with Crippen LogP contribution in [0.3, 0.4) is 0 Å². The maximum Gasteiger partial charge on any atom is 0.252 e. The summed E-state index contributed by atoms with van der Waals surface area (Å²) in [6, 6.07) is 3.73. The monoisotopic (exact) mass is 281 g/mol. The zero-order chi connectivity index (χ0) is 15.3. The number of carbonyl (C=O) groups is 1. The smallest absolute Gasteiger partial charge is 0.252 e. The lowest BCUT2D eigenvalue weighted by Gasteiger charge is -2.31. The van der Waals surface area contributed by atoms with Crippen molar-refractivity contribution >= 4 is 11.7 Å². The van der Waals surface area contributed by atoms with Crippen molar-refractivity contribution in [2.24, 2.45) is 10.9 Å². The van der Waals surface area contributed by atoms with Crippen molar-refractivity contribution in [3.63, 3.8) is 0 Å². The third kappa shape index (κ3) is 2.93. The van der Waals surface area contributed by atoms with Crippen LogP contribution in [-0.4, -0.2) is 32.7 Å². The number of nitrogens with two attached hydrogens (primary N) is 1. The number of carbonyl (C=O) groups excluding carboxylic acids is 1. The van der Waals surface area contributed by atoms with E-state index in [4.69, 9.17) is 10.9 Å². The van der Waals surface area contributed by atoms with Gasteiger partial charge in [-0.15, -0.1) is 0 Å². The molecule has 1 aromatic rings. The molecule has 0 saturated heterocycles. The number of hydrogen-bond acceptors (Lipinski definition) is 5. The quantitative estimate of drug-likeness (QED) is 0.182. The van der Waals surface area contributed by atoms with Crippen LogP contribution in [0, 0.1) is 0 Å². The second kappa shape index (κ2) is 6.14. The van der Waals surface area contributed by atoms with Crippen LogP contribution in [0.2, 0.25) is 0 Å². The summed E-state index contributed by atoms with van der Waals surface area (Å²) in [5.74, 6) is -1.27. The van der Waals surface area contributed by atoms with Crippen LogP contribution in [0.5, 0.6) is 11.5 Å². The molecule has 20 heavy (non-hydrogen) atoms. The summed E-state index contributed by atoms with van der Waals surface area (Å²) in [6.45, 7) is 3.60. The van der Waals surface area contributed by atoms with E-state index in [1.165, 1.54) is 12.1 Å². The number of oxime groups is 1. The Balaban J connectivity index is 3.05. The van der Waals surface area contributed by atoms with Gasteiger partial charge in [0.1, 0.15) is 5.54 Å². The maximum absolute atomic E-state index is 12.2. The summed E-state index contributed by atoms with van der Waals surface area (Å²) in [5.41, 5.74) is 4.85. The molecule has 7 heteroatoms. The lowest BCUT2D eigenvalue weighted by Crippen LogP contribution is -2.56. The SMILES string of the molecule is CCC(CC)(NC(=O)c1ccc(O)c(O)c1)/C(N)=N/O. The van der Waals surface area contributed by atoms with Crippen LogP contribution >= 0.6 is 0 Å². The van der Waals surface area contributed by atoms with Gasteiger partial charge in [0.15, 0.2) is 17.3 Å². The van der Waals surface area contributed by atoms with E-state index in [-0.39, 0.29) is 22.9 Å². The summed E-state index contributed by atoms with van der Waals surface area (Å²) in [5, 5.41) is 33.1. The normalized spacial score (nSPS) is 12.2. The molecule has 1 rings (SSSR count). The Morgan fingerprint density at radius 3 is 2.35 bits per heavy atom.